The Morgan fingerprint density at radius 2 is 2.08 bits per heavy atom. The van der Waals surface area contributed by atoms with Crippen LogP contribution in [-0.4, -0.2) is 6.04 Å². The van der Waals surface area contributed by atoms with Gasteiger partial charge in [-0.1, -0.05) is 0 Å². The van der Waals surface area contributed by atoms with Gasteiger partial charge in [-0.25, -0.2) is 8.78 Å². The van der Waals surface area contributed by atoms with Gasteiger partial charge in [-0.2, -0.15) is 0 Å². The van der Waals surface area contributed by atoms with Gasteiger partial charge in [0, 0.05) is 18.2 Å². The van der Waals surface area contributed by atoms with Crippen molar-refractivity contribution in [3.63, 3.8) is 0 Å². The third kappa shape index (κ3) is 2.25. The van der Waals surface area contributed by atoms with Crippen molar-refractivity contribution in [1.82, 2.24) is 5.32 Å². The number of rotatable bonds is 3. The molecular weight excluding hydrogens is 172 g/mol. The Bertz CT molecular complexity index is 308. The molecule has 3 heteroatoms. The van der Waals surface area contributed by atoms with Crippen LogP contribution in [0.15, 0.2) is 18.2 Å². The van der Waals surface area contributed by atoms with Crippen molar-refractivity contribution in [1.29, 1.82) is 0 Å². The summed E-state index contributed by atoms with van der Waals surface area (Å²) in [4.78, 5) is 0. The summed E-state index contributed by atoms with van der Waals surface area (Å²) in [5, 5.41) is 3.13. The topological polar surface area (TPSA) is 12.0 Å². The molecule has 1 aromatic rings. The average molecular weight is 183 g/mol. The summed E-state index contributed by atoms with van der Waals surface area (Å²) in [5.74, 6) is -0.719. The predicted molar refractivity (Wildman–Crippen MR) is 46.2 cm³/mol. The van der Waals surface area contributed by atoms with Crippen LogP contribution in [-0.2, 0) is 6.54 Å². The number of hydrogen-bond donors (Lipinski definition) is 1. The zero-order valence-corrected chi connectivity index (χ0v) is 7.19. The highest BCUT2D eigenvalue weighted by Gasteiger charge is 2.20. The maximum absolute atomic E-state index is 13.0. The first-order chi connectivity index (χ1) is 6.25. The summed E-state index contributed by atoms with van der Waals surface area (Å²) in [6, 6.07) is 4.06. The number of nitrogens with one attached hydrogen (secondary N) is 1. The van der Waals surface area contributed by atoms with Crippen molar-refractivity contribution < 1.29 is 8.78 Å². The van der Waals surface area contributed by atoms with Crippen molar-refractivity contribution in [2.24, 2.45) is 0 Å². The Morgan fingerprint density at radius 1 is 1.31 bits per heavy atom. The fraction of sp³-hybridized carbons (Fsp3) is 0.400. The Kier molecular flexibility index (Phi) is 2.27. The third-order valence-electron chi connectivity index (χ3n) is 2.17. The second kappa shape index (κ2) is 3.42. The van der Waals surface area contributed by atoms with E-state index in [1.807, 2.05) is 0 Å². The molecule has 0 unspecified atom stereocenters. The lowest BCUT2D eigenvalue weighted by atomic mass is 10.2. The maximum atomic E-state index is 13.0. The van der Waals surface area contributed by atoms with Crippen LogP contribution in [0.4, 0.5) is 8.78 Å². The lowest BCUT2D eigenvalue weighted by Gasteiger charge is -2.04. The van der Waals surface area contributed by atoms with E-state index in [1.54, 1.807) is 0 Å². The summed E-state index contributed by atoms with van der Waals surface area (Å²) in [5.41, 5.74) is 0.409. The number of benzene rings is 1. The van der Waals surface area contributed by atoms with E-state index in [4.69, 9.17) is 0 Å². The molecule has 13 heavy (non-hydrogen) atoms. The molecule has 1 saturated carbocycles. The highest BCUT2D eigenvalue weighted by atomic mass is 19.1. The van der Waals surface area contributed by atoms with Crippen LogP contribution in [0.1, 0.15) is 18.4 Å². The van der Waals surface area contributed by atoms with Crippen LogP contribution in [0, 0.1) is 11.6 Å². The van der Waals surface area contributed by atoms with Crippen molar-refractivity contribution in [3.05, 3.63) is 35.4 Å². The van der Waals surface area contributed by atoms with Crippen molar-refractivity contribution in [3.8, 4) is 0 Å². The zero-order valence-electron chi connectivity index (χ0n) is 7.19. The maximum Gasteiger partial charge on any atom is 0.127 e. The van der Waals surface area contributed by atoms with Gasteiger partial charge in [0.1, 0.15) is 11.6 Å². The summed E-state index contributed by atoms with van der Waals surface area (Å²) >= 11 is 0. The summed E-state index contributed by atoms with van der Waals surface area (Å²) < 4.78 is 25.7. The third-order valence-corrected chi connectivity index (χ3v) is 2.17. The molecule has 1 N–H and O–H groups in total. The van der Waals surface area contributed by atoms with Gasteiger partial charge in [0.25, 0.3) is 0 Å². The first kappa shape index (κ1) is 8.63. The zero-order chi connectivity index (χ0) is 9.26. The lowest BCUT2D eigenvalue weighted by molar-refractivity contribution is 0.568. The SMILES string of the molecule is Fc1ccc(F)c(CNC2CC2)c1. The van der Waals surface area contributed by atoms with Gasteiger partial charge in [-0.3, -0.25) is 0 Å². The number of halogens is 2. The Hall–Kier alpha value is -0.960. The average Bonchev–Trinajstić information content (AvgIpc) is 2.90. The van der Waals surface area contributed by atoms with E-state index in [2.05, 4.69) is 5.32 Å². The van der Waals surface area contributed by atoms with Crippen LogP contribution in [0.3, 0.4) is 0 Å². The van der Waals surface area contributed by atoms with E-state index in [9.17, 15) is 8.78 Å². The van der Waals surface area contributed by atoms with E-state index in [1.165, 1.54) is 12.1 Å². The van der Waals surface area contributed by atoms with E-state index in [-0.39, 0.29) is 11.6 Å². The van der Waals surface area contributed by atoms with Gasteiger partial charge in [-0.15, -0.1) is 0 Å². The summed E-state index contributed by atoms with van der Waals surface area (Å²) in [6.07, 6.45) is 2.30. The highest BCUT2D eigenvalue weighted by molar-refractivity contribution is 5.18. The molecule has 0 spiro atoms. The van der Waals surface area contributed by atoms with Crippen molar-refractivity contribution >= 4 is 0 Å². The molecule has 0 bridgehead atoms. The molecule has 0 atom stereocenters. The van der Waals surface area contributed by atoms with Crippen LogP contribution in [0.5, 0.6) is 0 Å². The molecule has 0 radical (unpaired) electrons. The van der Waals surface area contributed by atoms with Gasteiger partial charge in [0.2, 0.25) is 0 Å². The molecule has 2 rings (SSSR count). The van der Waals surface area contributed by atoms with E-state index in [0.29, 0.717) is 18.2 Å². The van der Waals surface area contributed by atoms with Gasteiger partial charge in [0.05, 0.1) is 0 Å². The molecule has 1 aliphatic carbocycles. The van der Waals surface area contributed by atoms with Crippen LogP contribution in [0.25, 0.3) is 0 Å². The molecule has 0 amide bonds. The smallest absolute Gasteiger partial charge is 0.127 e. The lowest BCUT2D eigenvalue weighted by Crippen LogP contribution is -2.16. The molecule has 70 valence electrons. The molecule has 0 heterocycles. The minimum Gasteiger partial charge on any atom is -0.310 e. The normalized spacial score (nSPS) is 16.2. The molecule has 1 nitrogen and oxygen atoms in total. The van der Waals surface area contributed by atoms with Crippen molar-refractivity contribution in [2.75, 3.05) is 0 Å². The second-order valence-corrected chi connectivity index (χ2v) is 3.39. The van der Waals surface area contributed by atoms with Crippen LogP contribution < -0.4 is 5.32 Å². The molecule has 1 fully saturated rings. The Labute approximate surface area is 75.8 Å². The number of hydrogen-bond acceptors (Lipinski definition) is 1. The van der Waals surface area contributed by atoms with Gasteiger partial charge in [-0.05, 0) is 31.0 Å². The van der Waals surface area contributed by atoms with Gasteiger partial charge < -0.3 is 5.32 Å². The van der Waals surface area contributed by atoms with Gasteiger partial charge >= 0.3 is 0 Å². The first-order valence-corrected chi connectivity index (χ1v) is 4.43. The molecule has 1 aromatic carbocycles. The highest BCUT2D eigenvalue weighted by Crippen LogP contribution is 2.19. The minimum atomic E-state index is -0.381. The van der Waals surface area contributed by atoms with E-state index in [0.717, 1.165) is 18.9 Å². The molecule has 1 aliphatic rings. The van der Waals surface area contributed by atoms with Crippen LogP contribution >= 0.6 is 0 Å². The molecule has 0 saturated heterocycles. The first-order valence-electron chi connectivity index (χ1n) is 4.43. The largest absolute Gasteiger partial charge is 0.310 e. The molecular formula is C10H11F2N. The summed E-state index contributed by atoms with van der Waals surface area (Å²) in [7, 11) is 0. The summed E-state index contributed by atoms with van der Waals surface area (Å²) in [6.45, 7) is 0.425. The van der Waals surface area contributed by atoms with Crippen LogP contribution in [0.2, 0.25) is 0 Å². The molecule has 0 aromatic heterocycles. The Morgan fingerprint density at radius 3 is 2.77 bits per heavy atom. The predicted octanol–water partition coefficient (Wildman–Crippen LogP) is 2.22. The minimum absolute atomic E-state index is 0.338. The van der Waals surface area contributed by atoms with E-state index < -0.39 is 0 Å². The standard InChI is InChI=1S/C10H11F2N/c11-8-1-4-10(12)7(5-8)6-13-9-2-3-9/h1,4-5,9,13H,2-3,6H2. The Balaban J connectivity index is 2.03. The van der Waals surface area contributed by atoms with E-state index >= 15 is 0 Å². The van der Waals surface area contributed by atoms with Gasteiger partial charge in [0.15, 0.2) is 0 Å². The second-order valence-electron chi connectivity index (χ2n) is 3.39. The fourth-order valence-electron chi connectivity index (χ4n) is 1.22. The van der Waals surface area contributed by atoms with Crippen molar-refractivity contribution in [2.45, 2.75) is 25.4 Å². The fourth-order valence-corrected chi connectivity index (χ4v) is 1.22. The molecule has 0 aliphatic heterocycles. The quantitative estimate of drug-likeness (QED) is 0.757. The monoisotopic (exact) mass is 183 g/mol.